The lowest BCUT2D eigenvalue weighted by Gasteiger charge is -2.17. The van der Waals surface area contributed by atoms with Crippen molar-refractivity contribution < 1.29 is 28.5 Å². The summed E-state index contributed by atoms with van der Waals surface area (Å²) < 4.78 is 29.9. The average Bonchev–Trinajstić information content (AvgIpc) is 3.39. The van der Waals surface area contributed by atoms with E-state index in [0.717, 1.165) is 32.5 Å². The van der Waals surface area contributed by atoms with Crippen LogP contribution in [0, 0.1) is 0 Å². The molecule has 0 unspecified atom stereocenters. The van der Waals surface area contributed by atoms with Crippen LogP contribution in [0.25, 0.3) is 16.4 Å². The molecule has 0 amide bonds. The van der Waals surface area contributed by atoms with Crippen LogP contribution in [0.4, 0.5) is 0 Å². The van der Waals surface area contributed by atoms with Crippen LogP contribution in [-0.2, 0) is 4.74 Å². The molecule has 0 atom stereocenters. The van der Waals surface area contributed by atoms with E-state index in [2.05, 4.69) is 0 Å². The zero-order chi connectivity index (χ0) is 25.9. The molecule has 3 aromatic carbocycles. The van der Waals surface area contributed by atoms with Crippen molar-refractivity contribution >= 4 is 28.4 Å². The van der Waals surface area contributed by atoms with Gasteiger partial charge in [-0.05, 0) is 42.0 Å². The molecule has 1 aliphatic heterocycles. The molecule has 4 aromatic rings. The smallest absolute Gasteiger partial charge is 0.351 e. The van der Waals surface area contributed by atoms with Gasteiger partial charge in [-0.15, -0.1) is 0 Å². The minimum atomic E-state index is -0.614. The molecule has 1 aliphatic rings. The van der Waals surface area contributed by atoms with Crippen molar-refractivity contribution in [3.05, 3.63) is 95.8 Å². The highest BCUT2D eigenvalue weighted by Crippen LogP contribution is 2.47. The molecule has 0 bridgehead atoms. The van der Waals surface area contributed by atoms with Crippen molar-refractivity contribution in [3.8, 4) is 28.7 Å². The van der Waals surface area contributed by atoms with E-state index in [1.54, 1.807) is 19.2 Å². The number of hydrogen-bond donors (Lipinski definition) is 0. The zero-order valence-corrected chi connectivity index (χ0v) is 21.6. The number of carbonyl (C=O) groups excluding carboxylic acids is 1. The fraction of sp³-hybridized carbons (Fsp3) is 0.138. The number of hydrogen-bond acceptors (Lipinski definition) is 7. The van der Waals surface area contributed by atoms with Crippen LogP contribution in [-0.4, -0.2) is 39.0 Å². The summed E-state index contributed by atoms with van der Waals surface area (Å²) in [7, 11) is 6.13. The molecule has 1 aromatic heterocycles. The van der Waals surface area contributed by atoms with Gasteiger partial charge in [-0.2, -0.15) is 0 Å². The molecular weight excluding hydrogens is 490 g/mol. The third-order valence-corrected chi connectivity index (χ3v) is 7.18. The van der Waals surface area contributed by atoms with Crippen LogP contribution < -0.4 is 18.9 Å². The van der Waals surface area contributed by atoms with E-state index in [0.29, 0.717) is 11.5 Å². The van der Waals surface area contributed by atoms with E-state index in [9.17, 15) is 4.79 Å². The Balaban J connectivity index is 1.69. The minimum absolute atomic E-state index is 0.164. The number of methoxy groups -OCH3 is 4. The number of rotatable bonds is 7. The van der Waals surface area contributed by atoms with Gasteiger partial charge in [0.15, 0.2) is 5.76 Å². The molecule has 188 valence electrons. The first-order valence-electron chi connectivity index (χ1n) is 11.4. The van der Waals surface area contributed by atoms with Gasteiger partial charge in [0.1, 0.15) is 28.6 Å². The van der Waals surface area contributed by atoms with Crippen LogP contribution >= 0.6 is 11.8 Å². The number of benzene rings is 3. The van der Waals surface area contributed by atoms with Crippen molar-refractivity contribution in [2.45, 2.75) is 4.90 Å². The van der Waals surface area contributed by atoms with Crippen LogP contribution in [0.5, 0.6) is 23.0 Å². The van der Waals surface area contributed by atoms with Crippen molar-refractivity contribution in [2.24, 2.45) is 0 Å². The van der Waals surface area contributed by atoms with Crippen molar-refractivity contribution in [1.82, 2.24) is 4.57 Å². The van der Waals surface area contributed by atoms with E-state index < -0.39 is 5.97 Å². The Labute approximate surface area is 219 Å². The average molecular weight is 516 g/mol. The molecule has 8 heteroatoms. The van der Waals surface area contributed by atoms with Gasteiger partial charge >= 0.3 is 5.97 Å². The molecule has 0 radical (unpaired) electrons. The van der Waals surface area contributed by atoms with Crippen LogP contribution in [0.3, 0.4) is 0 Å². The lowest BCUT2D eigenvalue weighted by Crippen LogP contribution is -2.11. The van der Waals surface area contributed by atoms with Crippen molar-refractivity contribution in [3.63, 3.8) is 0 Å². The highest BCUT2D eigenvalue weighted by molar-refractivity contribution is 8.08. The van der Waals surface area contributed by atoms with Crippen molar-refractivity contribution in [1.29, 1.82) is 0 Å². The normalized spacial score (nSPS) is 12.2. The number of ether oxygens (including phenoxy) is 5. The number of thioether (sulfide) groups is 1. The second-order valence-electron chi connectivity index (χ2n) is 8.02. The van der Waals surface area contributed by atoms with Gasteiger partial charge in [0.05, 0.1) is 44.7 Å². The predicted octanol–water partition coefficient (Wildman–Crippen LogP) is 6.30. The standard InChI is InChI=1S/C29H25NO6S/c1-32-19-13-11-18(12-14-19)28-27(22-9-7-15-30(22)21-8-5-6-10-25(21)37-28)36-29(31)26-23(34-3)16-20(33-2)17-24(26)35-4/h5-17H,1-4H3. The van der Waals surface area contributed by atoms with E-state index >= 15 is 0 Å². The van der Waals surface area contributed by atoms with E-state index in [4.69, 9.17) is 23.7 Å². The van der Waals surface area contributed by atoms with Crippen LogP contribution in [0.2, 0.25) is 0 Å². The fourth-order valence-electron chi connectivity index (χ4n) is 4.17. The molecule has 2 heterocycles. The highest BCUT2D eigenvalue weighted by atomic mass is 32.2. The van der Waals surface area contributed by atoms with E-state index in [-0.39, 0.29) is 17.1 Å². The molecule has 37 heavy (non-hydrogen) atoms. The summed E-state index contributed by atoms with van der Waals surface area (Å²) in [5.41, 5.74) is 2.77. The topological polar surface area (TPSA) is 68.2 Å². The summed E-state index contributed by atoms with van der Waals surface area (Å²) in [5, 5.41) is 0. The number of para-hydroxylation sites is 1. The number of nitrogens with zero attached hydrogens (tertiary/aromatic N) is 1. The maximum Gasteiger partial charge on any atom is 0.351 e. The van der Waals surface area contributed by atoms with Crippen LogP contribution in [0.15, 0.2) is 83.9 Å². The molecule has 0 saturated heterocycles. The molecule has 0 saturated carbocycles. The van der Waals surface area contributed by atoms with Gasteiger partial charge in [-0.25, -0.2) is 4.79 Å². The number of aromatic nitrogens is 1. The second-order valence-corrected chi connectivity index (χ2v) is 9.07. The number of carbonyl (C=O) groups is 1. The highest BCUT2D eigenvalue weighted by Gasteiger charge is 2.29. The Morgan fingerprint density at radius 3 is 2.08 bits per heavy atom. The summed E-state index contributed by atoms with van der Waals surface area (Å²) >= 11 is 1.54. The molecule has 0 fully saturated rings. The predicted molar refractivity (Wildman–Crippen MR) is 143 cm³/mol. The third kappa shape index (κ3) is 4.51. The fourth-order valence-corrected chi connectivity index (χ4v) is 5.30. The number of esters is 1. The summed E-state index contributed by atoms with van der Waals surface area (Å²) in [4.78, 5) is 15.6. The lowest BCUT2D eigenvalue weighted by atomic mass is 10.1. The molecule has 5 rings (SSSR count). The van der Waals surface area contributed by atoms with Gasteiger partial charge in [-0.3, -0.25) is 0 Å². The maximum atomic E-state index is 13.8. The summed E-state index contributed by atoms with van der Waals surface area (Å²) in [5.74, 6) is 1.61. The Morgan fingerprint density at radius 1 is 0.757 bits per heavy atom. The Bertz CT molecular complexity index is 1460. The maximum absolute atomic E-state index is 13.8. The first kappa shape index (κ1) is 24.4. The summed E-state index contributed by atoms with van der Waals surface area (Å²) in [6.07, 6.45) is 1.95. The largest absolute Gasteiger partial charge is 0.497 e. The molecule has 0 spiro atoms. The van der Waals surface area contributed by atoms with Gasteiger partial charge < -0.3 is 28.3 Å². The Hall–Kier alpha value is -4.30. The first-order valence-corrected chi connectivity index (χ1v) is 12.3. The molecule has 0 aliphatic carbocycles. The summed E-state index contributed by atoms with van der Waals surface area (Å²) in [6, 6.07) is 22.8. The third-order valence-electron chi connectivity index (χ3n) is 5.99. The van der Waals surface area contributed by atoms with Gasteiger partial charge in [-0.1, -0.05) is 36.0 Å². The molecular formula is C29H25NO6S. The first-order chi connectivity index (χ1) is 18.1. The lowest BCUT2D eigenvalue weighted by molar-refractivity contribution is 0.0685. The molecule has 7 nitrogen and oxygen atoms in total. The van der Waals surface area contributed by atoms with E-state index in [1.165, 1.54) is 33.1 Å². The minimum Gasteiger partial charge on any atom is -0.497 e. The van der Waals surface area contributed by atoms with Crippen molar-refractivity contribution in [2.75, 3.05) is 28.4 Å². The second kappa shape index (κ2) is 10.4. The van der Waals surface area contributed by atoms with Gasteiger partial charge in [0.2, 0.25) is 0 Å². The Morgan fingerprint density at radius 2 is 1.43 bits per heavy atom. The quantitative estimate of drug-likeness (QED) is 0.268. The van der Waals surface area contributed by atoms with Gasteiger partial charge in [0.25, 0.3) is 0 Å². The summed E-state index contributed by atoms with van der Waals surface area (Å²) in [6.45, 7) is 0. The zero-order valence-electron chi connectivity index (χ0n) is 20.8. The van der Waals surface area contributed by atoms with E-state index in [1.807, 2.05) is 71.4 Å². The monoisotopic (exact) mass is 515 g/mol. The Kier molecular flexibility index (Phi) is 6.83. The SMILES string of the molecule is COc1ccc(C2=C(OC(=O)c3c(OC)cc(OC)cc3OC)c3cccn3-c3ccccc3S2)cc1. The van der Waals surface area contributed by atoms with Gasteiger partial charge in [0, 0.05) is 23.2 Å². The number of fused-ring (bicyclic) bond motifs is 3. The van der Waals surface area contributed by atoms with Crippen LogP contribution in [0.1, 0.15) is 21.6 Å². The molecule has 0 N–H and O–H groups in total.